The molecule has 2 aromatic carbocycles. The summed E-state index contributed by atoms with van der Waals surface area (Å²) in [6.45, 7) is 2.02. The lowest BCUT2D eigenvalue weighted by molar-refractivity contribution is -0.113. The van der Waals surface area contributed by atoms with E-state index in [4.69, 9.17) is 17.3 Å². The van der Waals surface area contributed by atoms with Crippen molar-refractivity contribution in [3.05, 3.63) is 53.1 Å². The van der Waals surface area contributed by atoms with Gasteiger partial charge in [-0.05, 0) is 37.3 Å². The van der Waals surface area contributed by atoms with Crippen molar-refractivity contribution in [1.29, 1.82) is 0 Å². The van der Waals surface area contributed by atoms with Gasteiger partial charge in [0.05, 0.1) is 16.5 Å². The van der Waals surface area contributed by atoms with Gasteiger partial charge >= 0.3 is 0 Å². The first-order valence-corrected chi connectivity index (χ1v) is 7.45. The normalized spacial score (nSPS) is 10.3. The minimum absolute atomic E-state index is 0.107. The smallest absolute Gasteiger partial charge is 0.234 e. The van der Waals surface area contributed by atoms with E-state index >= 15 is 0 Å². The fourth-order valence-corrected chi connectivity index (χ4v) is 2.66. The largest absolute Gasteiger partial charge is 0.399 e. The van der Waals surface area contributed by atoms with Crippen molar-refractivity contribution in [3.63, 3.8) is 0 Å². The van der Waals surface area contributed by atoms with E-state index in [1.807, 2.05) is 31.2 Å². The predicted molar refractivity (Wildman–Crippen MR) is 86.4 cm³/mol. The highest BCUT2D eigenvalue weighted by Crippen LogP contribution is 2.25. The summed E-state index contributed by atoms with van der Waals surface area (Å²) < 4.78 is 0. The molecule has 0 aliphatic heterocycles. The van der Waals surface area contributed by atoms with Crippen LogP contribution in [0.1, 0.15) is 5.56 Å². The second kappa shape index (κ2) is 6.68. The van der Waals surface area contributed by atoms with Crippen LogP contribution in [0.15, 0.2) is 47.4 Å². The molecule has 2 rings (SSSR count). The van der Waals surface area contributed by atoms with Crippen LogP contribution in [0, 0.1) is 6.92 Å². The standard InChI is InChI=1S/C15H15ClN2OS/c1-10-3-2-4-12(7-10)20-9-15(19)18-14-8-11(17)5-6-13(14)16/h2-8H,9,17H2,1H3,(H,18,19). The Kier molecular flexibility index (Phi) is 4.93. The number of benzene rings is 2. The molecule has 0 heterocycles. The molecule has 0 saturated carbocycles. The van der Waals surface area contributed by atoms with Crippen LogP contribution in [0.4, 0.5) is 11.4 Å². The minimum Gasteiger partial charge on any atom is -0.399 e. The average molecular weight is 307 g/mol. The number of rotatable bonds is 4. The maximum Gasteiger partial charge on any atom is 0.234 e. The number of thioether (sulfide) groups is 1. The molecule has 104 valence electrons. The maximum absolute atomic E-state index is 11.9. The Hall–Kier alpha value is -1.65. The molecule has 5 heteroatoms. The lowest BCUT2D eigenvalue weighted by Gasteiger charge is -2.08. The highest BCUT2D eigenvalue weighted by Gasteiger charge is 2.07. The third-order valence-electron chi connectivity index (χ3n) is 2.62. The number of aryl methyl sites for hydroxylation is 1. The molecule has 0 fully saturated rings. The molecule has 0 atom stereocenters. The van der Waals surface area contributed by atoms with E-state index in [2.05, 4.69) is 5.32 Å². The summed E-state index contributed by atoms with van der Waals surface area (Å²) in [7, 11) is 0. The molecule has 0 saturated heterocycles. The molecule has 0 aromatic heterocycles. The highest BCUT2D eigenvalue weighted by atomic mass is 35.5. The first kappa shape index (κ1) is 14.8. The zero-order valence-corrected chi connectivity index (χ0v) is 12.6. The number of nitrogen functional groups attached to an aromatic ring is 1. The van der Waals surface area contributed by atoms with Gasteiger partial charge in [-0.15, -0.1) is 11.8 Å². The van der Waals surface area contributed by atoms with Gasteiger partial charge in [-0.25, -0.2) is 0 Å². The number of carbonyl (C=O) groups excluding carboxylic acids is 1. The Bertz CT molecular complexity index is 631. The van der Waals surface area contributed by atoms with Crippen molar-refractivity contribution < 1.29 is 4.79 Å². The summed E-state index contributed by atoms with van der Waals surface area (Å²) in [6, 6.07) is 13.0. The van der Waals surface area contributed by atoms with Crippen LogP contribution < -0.4 is 11.1 Å². The number of hydrogen-bond donors (Lipinski definition) is 2. The number of nitrogens with one attached hydrogen (secondary N) is 1. The number of anilines is 2. The SMILES string of the molecule is Cc1cccc(SCC(=O)Nc2cc(N)ccc2Cl)c1. The Morgan fingerprint density at radius 1 is 1.30 bits per heavy atom. The number of nitrogens with two attached hydrogens (primary N) is 1. The quantitative estimate of drug-likeness (QED) is 0.664. The number of amides is 1. The van der Waals surface area contributed by atoms with Crippen molar-refractivity contribution in [3.8, 4) is 0 Å². The van der Waals surface area contributed by atoms with Gasteiger partial charge in [0, 0.05) is 10.6 Å². The minimum atomic E-state index is -0.107. The summed E-state index contributed by atoms with van der Waals surface area (Å²) in [5.41, 5.74) is 7.95. The van der Waals surface area contributed by atoms with Crippen LogP contribution in [0.25, 0.3) is 0 Å². The fourth-order valence-electron chi connectivity index (χ4n) is 1.68. The molecule has 1 amide bonds. The summed E-state index contributed by atoms with van der Waals surface area (Å²) in [5, 5.41) is 3.24. The molecular weight excluding hydrogens is 292 g/mol. The van der Waals surface area contributed by atoms with Crippen LogP contribution in [-0.4, -0.2) is 11.7 Å². The van der Waals surface area contributed by atoms with Gasteiger partial charge in [-0.1, -0.05) is 29.3 Å². The van der Waals surface area contributed by atoms with Crippen molar-refractivity contribution in [2.75, 3.05) is 16.8 Å². The second-order valence-corrected chi connectivity index (χ2v) is 5.85. The van der Waals surface area contributed by atoms with Crippen molar-refractivity contribution >= 4 is 40.6 Å². The van der Waals surface area contributed by atoms with Crippen LogP contribution in [0.2, 0.25) is 5.02 Å². The third kappa shape index (κ3) is 4.18. The monoisotopic (exact) mass is 306 g/mol. The molecular formula is C15H15ClN2OS. The van der Waals surface area contributed by atoms with Crippen LogP contribution in [0.5, 0.6) is 0 Å². The molecule has 0 radical (unpaired) electrons. The van der Waals surface area contributed by atoms with Gasteiger partial charge in [0.1, 0.15) is 0 Å². The topological polar surface area (TPSA) is 55.1 Å². The van der Waals surface area contributed by atoms with Crippen molar-refractivity contribution in [2.24, 2.45) is 0 Å². The average Bonchev–Trinajstić information content (AvgIpc) is 2.41. The predicted octanol–water partition coefficient (Wildman–Crippen LogP) is 3.96. The summed E-state index contributed by atoms with van der Waals surface area (Å²) in [4.78, 5) is 13.0. The van der Waals surface area contributed by atoms with E-state index in [0.717, 1.165) is 4.90 Å². The van der Waals surface area contributed by atoms with Gasteiger partial charge in [0.15, 0.2) is 0 Å². The van der Waals surface area contributed by atoms with Crippen LogP contribution in [-0.2, 0) is 4.79 Å². The first-order valence-electron chi connectivity index (χ1n) is 6.09. The van der Waals surface area contributed by atoms with Crippen LogP contribution >= 0.6 is 23.4 Å². The van der Waals surface area contributed by atoms with Crippen molar-refractivity contribution in [2.45, 2.75) is 11.8 Å². The molecule has 3 nitrogen and oxygen atoms in total. The van der Waals surface area contributed by atoms with Gasteiger partial charge in [-0.3, -0.25) is 4.79 Å². The van der Waals surface area contributed by atoms with Crippen molar-refractivity contribution in [1.82, 2.24) is 0 Å². The Morgan fingerprint density at radius 2 is 2.10 bits per heavy atom. The molecule has 2 aromatic rings. The van der Waals surface area contributed by atoms with E-state index in [0.29, 0.717) is 22.2 Å². The number of carbonyl (C=O) groups is 1. The Balaban J connectivity index is 1.94. The first-order chi connectivity index (χ1) is 9.54. The summed E-state index contributed by atoms with van der Waals surface area (Å²) in [6.07, 6.45) is 0. The fraction of sp³-hybridized carbons (Fsp3) is 0.133. The molecule has 0 unspecified atom stereocenters. The van der Waals surface area contributed by atoms with Crippen LogP contribution in [0.3, 0.4) is 0 Å². The number of hydrogen-bond acceptors (Lipinski definition) is 3. The van der Waals surface area contributed by atoms with Gasteiger partial charge < -0.3 is 11.1 Å². The lowest BCUT2D eigenvalue weighted by Crippen LogP contribution is -2.14. The molecule has 20 heavy (non-hydrogen) atoms. The zero-order valence-electron chi connectivity index (χ0n) is 11.0. The molecule has 0 bridgehead atoms. The van der Waals surface area contributed by atoms with E-state index in [9.17, 15) is 4.79 Å². The van der Waals surface area contributed by atoms with Gasteiger partial charge in [0.2, 0.25) is 5.91 Å². The van der Waals surface area contributed by atoms with E-state index in [1.54, 1.807) is 18.2 Å². The lowest BCUT2D eigenvalue weighted by atomic mass is 10.2. The number of halogens is 1. The molecule has 0 spiro atoms. The molecule has 0 aliphatic carbocycles. The Labute approximate surface area is 127 Å². The molecule has 0 aliphatic rings. The summed E-state index contributed by atoms with van der Waals surface area (Å²) in [5.74, 6) is 0.221. The third-order valence-corrected chi connectivity index (χ3v) is 3.95. The highest BCUT2D eigenvalue weighted by molar-refractivity contribution is 8.00. The van der Waals surface area contributed by atoms with E-state index in [-0.39, 0.29) is 5.91 Å². The maximum atomic E-state index is 11.9. The van der Waals surface area contributed by atoms with E-state index < -0.39 is 0 Å². The Morgan fingerprint density at radius 3 is 2.85 bits per heavy atom. The van der Waals surface area contributed by atoms with Gasteiger partial charge in [-0.2, -0.15) is 0 Å². The second-order valence-electron chi connectivity index (χ2n) is 4.39. The van der Waals surface area contributed by atoms with E-state index in [1.165, 1.54) is 17.3 Å². The molecule has 3 N–H and O–H groups in total. The van der Waals surface area contributed by atoms with Gasteiger partial charge in [0.25, 0.3) is 0 Å². The zero-order chi connectivity index (χ0) is 14.5. The summed E-state index contributed by atoms with van der Waals surface area (Å²) >= 11 is 7.49.